The Labute approximate surface area is 113 Å². The summed E-state index contributed by atoms with van der Waals surface area (Å²) in [5.74, 6) is -0.241. The lowest BCUT2D eigenvalue weighted by molar-refractivity contribution is 0.297. The molecule has 0 fully saturated rings. The monoisotopic (exact) mass is 289 g/mol. The molecule has 1 aromatic rings. The van der Waals surface area contributed by atoms with Crippen LogP contribution in [0.3, 0.4) is 0 Å². The molecule has 4 nitrogen and oxygen atoms in total. The Morgan fingerprint density at radius 1 is 1.42 bits per heavy atom. The van der Waals surface area contributed by atoms with Gasteiger partial charge in [0.2, 0.25) is 0 Å². The van der Waals surface area contributed by atoms with Gasteiger partial charge < -0.3 is 10.5 Å². The van der Waals surface area contributed by atoms with E-state index in [4.69, 9.17) is 10.5 Å². The molecule has 0 saturated heterocycles. The standard InChI is InChI=1S/C13H20FNO3S/c1-10(15)9-11-5-3-6-12(14)13(11)18-7-4-8-19(2,16)17/h3,5-6,10H,4,7-9,15H2,1-2H3. The quantitative estimate of drug-likeness (QED) is 0.773. The molecular weight excluding hydrogens is 269 g/mol. The molecule has 0 aliphatic heterocycles. The third kappa shape index (κ3) is 6.02. The van der Waals surface area contributed by atoms with E-state index in [1.54, 1.807) is 12.1 Å². The van der Waals surface area contributed by atoms with Crippen molar-refractivity contribution in [2.24, 2.45) is 5.73 Å². The molecule has 1 unspecified atom stereocenters. The van der Waals surface area contributed by atoms with Crippen molar-refractivity contribution in [2.45, 2.75) is 25.8 Å². The maximum Gasteiger partial charge on any atom is 0.165 e. The molecule has 0 saturated carbocycles. The van der Waals surface area contributed by atoms with Crippen molar-refractivity contribution >= 4 is 9.84 Å². The van der Waals surface area contributed by atoms with Gasteiger partial charge in [0.25, 0.3) is 0 Å². The third-order valence-electron chi connectivity index (χ3n) is 2.50. The van der Waals surface area contributed by atoms with Crippen LogP contribution in [0.25, 0.3) is 0 Å². The highest BCUT2D eigenvalue weighted by molar-refractivity contribution is 7.90. The van der Waals surface area contributed by atoms with Crippen molar-refractivity contribution in [2.75, 3.05) is 18.6 Å². The number of hydrogen-bond acceptors (Lipinski definition) is 4. The van der Waals surface area contributed by atoms with Crippen LogP contribution in [0.15, 0.2) is 18.2 Å². The molecule has 0 spiro atoms. The van der Waals surface area contributed by atoms with Crippen LogP contribution in [0.4, 0.5) is 4.39 Å². The number of ether oxygens (including phenoxy) is 1. The molecule has 1 aromatic carbocycles. The van der Waals surface area contributed by atoms with Crippen LogP contribution < -0.4 is 10.5 Å². The fourth-order valence-electron chi connectivity index (χ4n) is 1.72. The molecule has 0 heterocycles. The second-order valence-electron chi connectivity index (χ2n) is 4.74. The summed E-state index contributed by atoms with van der Waals surface area (Å²) in [6.07, 6.45) is 2.02. The van der Waals surface area contributed by atoms with Gasteiger partial charge in [-0.1, -0.05) is 12.1 Å². The molecule has 2 N–H and O–H groups in total. The molecule has 1 rings (SSSR count). The van der Waals surface area contributed by atoms with E-state index >= 15 is 0 Å². The van der Waals surface area contributed by atoms with E-state index in [0.717, 1.165) is 6.26 Å². The minimum atomic E-state index is -3.01. The zero-order chi connectivity index (χ0) is 14.5. The number of sulfone groups is 1. The van der Waals surface area contributed by atoms with Gasteiger partial charge in [-0.15, -0.1) is 0 Å². The lowest BCUT2D eigenvalue weighted by atomic mass is 10.1. The summed E-state index contributed by atoms with van der Waals surface area (Å²) in [5, 5.41) is 0. The predicted molar refractivity (Wildman–Crippen MR) is 73.6 cm³/mol. The Balaban J connectivity index is 2.66. The van der Waals surface area contributed by atoms with Gasteiger partial charge in [0.15, 0.2) is 11.6 Å². The van der Waals surface area contributed by atoms with E-state index in [2.05, 4.69) is 0 Å². The summed E-state index contributed by atoms with van der Waals surface area (Å²) < 4.78 is 41.0. The van der Waals surface area contributed by atoms with Crippen molar-refractivity contribution in [1.82, 2.24) is 0 Å². The number of halogens is 1. The topological polar surface area (TPSA) is 69.4 Å². The summed E-state index contributed by atoms with van der Waals surface area (Å²) in [7, 11) is -3.01. The summed E-state index contributed by atoms with van der Waals surface area (Å²) >= 11 is 0. The van der Waals surface area contributed by atoms with Gasteiger partial charge in [-0.05, 0) is 31.4 Å². The fraction of sp³-hybridized carbons (Fsp3) is 0.538. The molecule has 6 heteroatoms. The lowest BCUT2D eigenvalue weighted by Crippen LogP contribution is -2.19. The van der Waals surface area contributed by atoms with Gasteiger partial charge in [0.05, 0.1) is 12.4 Å². The number of rotatable bonds is 7. The van der Waals surface area contributed by atoms with Crippen LogP contribution in [0.1, 0.15) is 18.9 Å². The molecular formula is C13H20FNO3S. The van der Waals surface area contributed by atoms with E-state index in [9.17, 15) is 12.8 Å². The van der Waals surface area contributed by atoms with Gasteiger partial charge in [0, 0.05) is 12.3 Å². The van der Waals surface area contributed by atoms with Crippen molar-refractivity contribution in [3.05, 3.63) is 29.6 Å². The van der Waals surface area contributed by atoms with Gasteiger partial charge in [-0.2, -0.15) is 0 Å². The molecule has 19 heavy (non-hydrogen) atoms. The minimum Gasteiger partial charge on any atom is -0.490 e. The van der Waals surface area contributed by atoms with Gasteiger partial charge >= 0.3 is 0 Å². The Morgan fingerprint density at radius 3 is 2.68 bits per heavy atom. The highest BCUT2D eigenvalue weighted by atomic mass is 32.2. The smallest absolute Gasteiger partial charge is 0.165 e. The number of hydrogen-bond donors (Lipinski definition) is 1. The van der Waals surface area contributed by atoms with E-state index in [1.165, 1.54) is 6.07 Å². The Hall–Kier alpha value is -1.14. The molecule has 0 bridgehead atoms. The maximum absolute atomic E-state index is 13.7. The minimum absolute atomic E-state index is 0.0318. The van der Waals surface area contributed by atoms with Crippen LogP contribution in [0.5, 0.6) is 5.75 Å². The molecule has 0 aliphatic rings. The maximum atomic E-state index is 13.7. The Morgan fingerprint density at radius 2 is 2.11 bits per heavy atom. The second-order valence-corrected chi connectivity index (χ2v) is 7.00. The first-order chi connectivity index (χ1) is 8.79. The normalized spacial score (nSPS) is 13.3. The molecule has 0 amide bonds. The van der Waals surface area contributed by atoms with Crippen molar-refractivity contribution in [1.29, 1.82) is 0 Å². The van der Waals surface area contributed by atoms with E-state index in [-0.39, 0.29) is 24.2 Å². The largest absolute Gasteiger partial charge is 0.490 e. The molecule has 0 radical (unpaired) electrons. The average molecular weight is 289 g/mol. The first kappa shape index (κ1) is 15.9. The second kappa shape index (κ2) is 6.86. The Kier molecular flexibility index (Phi) is 5.75. The summed E-state index contributed by atoms with van der Waals surface area (Å²) in [5.41, 5.74) is 6.40. The third-order valence-corrected chi connectivity index (χ3v) is 3.53. The number of benzene rings is 1. The molecule has 0 aliphatic carbocycles. The zero-order valence-electron chi connectivity index (χ0n) is 11.2. The highest BCUT2D eigenvalue weighted by Gasteiger charge is 2.11. The van der Waals surface area contributed by atoms with Crippen molar-refractivity contribution in [3.63, 3.8) is 0 Å². The van der Waals surface area contributed by atoms with E-state index in [1.807, 2.05) is 6.92 Å². The van der Waals surface area contributed by atoms with Crippen LogP contribution in [0, 0.1) is 5.82 Å². The summed E-state index contributed by atoms with van der Waals surface area (Å²) in [4.78, 5) is 0. The highest BCUT2D eigenvalue weighted by Crippen LogP contribution is 2.24. The van der Waals surface area contributed by atoms with Gasteiger partial charge in [-0.25, -0.2) is 12.8 Å². The number of para-hydroxylation sites is 1. The van der Waals surface area contributed by atoms with Crippen LogP contribution in [-0.4, -0.2) is 33.1 Å². The average Bonchev–Trinajstić information content (AvgIpc) is 2.25. The Bertz CT molecular complexity index is 515. The van der Waals surface area contributed by atoms with Crippen LogP contribution >= 0.6 is 0 Å². The van der Waals surface area contributed by atoms with E-state index < -0.39 is 15.7 Å². The first-order valence-corrected chi connectivity index (χ1v) is 8.19. The van der Waals surface area contributed by atoms with Crippen LogP contribution in [-0.2, 0) is 16.3 Å². The predicted octanol–water partition coefficient (Wildman–Crippen LogP) is 1.53. The van der Waals surface area contributed by atoms with Gasteiger partial charge in [-0.3, -0.25) is 0 Å². The van der Waals surface area contributed by atoms with Crippen molar-refractivity contribution in [3.8, 4) is 5.75 Å². The first-order valence-electron chi connectivity index (χ1n) is 6.13. The SMILES string of the molecule is CC(N)Cc1cccc(F)c1OCCCS(C)(=O)=O. The molecule has 108 valence electrons. The molecule has 0 aromatic heterocycles. The summed E-state index contributed by atoms with van der Waals surface area (Å²) in [6, 6.07) is 4.59. The van der Waals surface area contributed by atoms with Crippen LogP contribution in [0.2, 0.25) is 0 Å². The number of nitrogens with two attached hydrogens (primary N) is 1. The zero-order valence-corrected chi connectivity index (χ0v) is 12.0. The van der Waals surface area contributed by atoms with Crippen molar-refractivity contribution < 1.29 is 17.5 Å². The van der Waals surface area contributed by atoms with Gasteiger partial charge in [0.1, 0.15) is 9.84 Å². The fourth-order valence-corrected chi connectivity index (χ4v) is 2.36. The van der Waals surface area contributed by atoms with E-state index in [0.29, 0.717) is 18.4 Å². The molecule has 1 atom stereocenters. The lowest BCUT2D eigenvalue weighted by Gasteiger charge is -2.13. The summed E-state index contributed by atoms with van der Waals surface area (Å²) in [6.45, 7) is 2.00.